The van der Waals surface area contributed by atoms with Crippen molar-refractivity contribution in [3.8, 4) is 11.1 Å². The number of benzene rings is 3. The molecule has 0 unspecified atom stereocenters. The third-order valence-electron chi connectivity index (χ3n) is 5.08. The highest BCUT2D eigenvalue weighted by Gasteiger charge is 2.35. The number of aliphatic hydroxyl groups is 1. The van der Waals surface area contributed by atoms with Crippen LogP contribution in [-0.4, -0.2) is 23.8 Å². The zero-order chi connectivity index (χ0) is 18.1. The van der Waals surface area contributed by atoms with Crippen molar-refractivity contribution in [1.29, 1.82) is 0 Å². The van der Waals surface area contributed by atoms with E-state index in [9.17, 15) is 5.11 Å². The summed E-state index contributed by atoms with van der Waals surface area (Å²) in [5.74, 6) is 0. The Kier molecular flexibility index (Phi) is 4.72. The predicted octanol–water partition coefficient (Wildman–Crippen LogP) is 4.05. The lowest BCUT2D eigenvalue weighted by atomic mass is 9.82. The maximum Gasteiger partial charge on any atom is 0.309 e. The molecular formula is C22H25BO2. The first-order valence-corrected chi connectivity index (χ1v) is 8.71. The van der Waals surface area contributed by atoms with E-state index in [-0.39, 0.29) is 0 Å². The third-order valence-corrected chi connectivity index (χ3v) is 5.08. The molecule has 0 saturated heterocycles. The minimum Gasteiger partial charge on any atom is -0.427 e. The van der Waals surface area contributed by atoms with Gasteiger partial charge in [0.25, 0.3) is 0 Å². The molecule has 0 fully saturated rings. The molecule has 3 heteroatoms. The second kappa shape index (κ2) is 6.66. The number of hydrogen-bond donors (Lipinski definition) is 1. The molecule has 0 aliphatic carbocycles. The molecule has 0 aliphatic heterocycles. The predicted molar refractivity (Wildman–Crippen MR) is 108 cm³/mol. The summed E-state index contributed by atoms with van der Waals surface area (Å²) >= 11 is 0. The van der Waals surface area contributed by atoms with E-state index < -0.39 is 11.2 Å². The molecule has 0 bridgehead atoms. The first-order valence-electron chi connectivity index (χ1n) is 8.71. The summed E-state index contributed by atoms with van der Waals surface area (Å²) in [5.41, 5.74) is 2.02. The highest BCUT2D eigenvalue weighted by atomic mass is 16.5. The van der Waals surface area contributed by atoms with Crippen LogP contribution in [0.25, 0.3) is 21.9 Å². The summed E-state index contributed by atoms with van der Waals surface area (Å²) in [6.07, 6.45) is 0. The highest BCUT2D eigenvalue weighted by Crippen LogP contribution is 2.25. The van der Waals surface area contributed by atoms with Crippen molar-refractivity contribution >= 4 is 23.7 Å². The van der Waals surface area contributed by atoms with E-state index in [1.165, 1.54) is 21.9 Å². The largest absolute Gasteiger partial charge is 0.427 e. The van der Waals surface area contributed by atoms with Crippen LogP contribution in [0, 0.1) is 0 Å². The smallest absolute Gasteiger partial charge is 0.309 e. The molecule has 3 aromatic carbocycles. The van der Waals surface area contributed by atoms with E-state index in [2.05, 4.69) is 60.7 Å². The van der Waals surface area contributed by atoms with Crippen LogP contribution in [0.1, 0.15) is 27.7 Å². The monoisotopic (exact) mass is 332 g/mol. The topological polar surface area (TPSA) is 29.5 Å². The lowest BCUT2D eigenvalue weighted by molar-refractivity contribution is -0.0893. The Morgan fingerprint density at radius 2 is 1.44 bits per heavy atom. The number of rotatable bonds is 5. The molecule has 0 amide bonds. The lowest BCUT2D eigenvalue weighted by Crippen LogP contribution is -2.49. The molecular weight excluding hydrogens is 307 g/mol. The van der Waals surface area contributed by atoms with Crippen molar-refractivity contribution in [3.63, 3.8) is 0 Å². The van der Waals surface area contributed by atoms with Crippen molar-refractivity contribution in [1.82, 2.24) is 0 Å². The average molecular weight is 332 g/mol. The van der Waals surface area contributed by atoms with Gasteiger partial charge < -0.3 is 9.76 Å². The first kappa shape index (κ1) is 17.7. The van der Waals surface area contributed by atoms with Gasteiger partial charge in [0.05, 0.1) is 11.2 Å². The summed E-state index contributed by atoms with van der Waals surface area (Å²) in [6, 6.07) is 23.3. The van der Waals surface area contributed by atoms with Gasteiger partial charge in [0.2, 0.25) is 0 Å². The van der Waals surface area contributed by atoms with Crippen molar-refractivity contribution in [2.45, 2.75) is 38.9 Å². The molecule has 3 aromatic rings. The van der Waals surface area contributed by atoms with E-state index in [1.54, 1.807) is 13.8 Å². The van der Waals surface area contributed by atoms with Gasteiger partial charge in [0, 0.05) is 0 Å². The maximum atomic E-state index is 10.2. The maximum absolute atomic E-state index is 10.2. The van der Waals surface area contributed by atoms with Crippen LogP contribution in [0.3, 0.4) is 0 Å². The molecule has 0 spiro atoms. The van der Waals surface area contributed by atoms with Gasteiger partial charge in [-0.05, 0) is 55.7 Å². The van der Waals surface area contributed by atoms with E-state index in [0.717, 1.165) is 5.46 Å². The lowest BCUT2D eigenvalue weighted by Gasteiger charge is -2.37. The molecule has 25 heavy (non-hydrogen) atoms. The molecule has 128 valence electrons. The second-order valence-electron chi connectivity index (χ2n) is 7.62. The normalized spacial score (nSPS) is 12.4. The summed E-state index contributed by atoms with van der Waals surface area (Å²) < 4.78 is 5.99. The van der Waals surface area contributed by atoms with Crippen molar-refractivity contribution < 1.29 is 9.76 Å². The summed E-state index contributed by atoms with van der Waals surface area (Å²) in [6.45, 7) is 7.39. The Hall–Kier alpha value is -2.10. The van der Waals surface area contributed by atoms with Crippen LogP contribution >= 0.6 is 0 Å². The first-order chi connectivity index (χ1) is 11.8. The molecule has 2 nitrogen and oxygen atoms in total. The Bertz CT molecular complexity index is 864. The quantitative estimate of drug-likeness (QED) is 0.714. The second-order valence-corrected chi connectivity index (χ2v) is 7.62. The number of hydrogen-bond acceptors (Lipinski definition) is 2. The zero-order valence-corrected chi connectivity index (χ0v) is 15.4. The van der Waals surface area contributed by atoms with Gasteiger partial charge in [-0.15, -0.1) is 0 Å². The Labute approximate surface area is 150 Å². The molecule has 0 aromatic heterocycles. The van der Waals surface area contributed by atoms with Gasteiger partial charge in [0.1, 0.15) is 0 Å². The van der Waals surface area contributed by atoms with Crippen LogP contribution in [0.5, 0.6) is 0 Å². The van der Waals surface area contributed by atoms with Crippen LogP contribution < -0.4 is 5.46 Å². The Morgan fingerprint density at radius 1 is 0.760 bits per heavy atom. The van der Waals surface area contributed by atoms with E-state index >= 15 is 0 Å². The van der Waals surface area contributed by atoms with Gasteiger partial charge in [-0.2, -0.15) is 0 Å². The minimum absolute atomic E-state index is 0.475. The van der Waals surface area contributed by atoms with Crippen LogP contribution in [0.2, 0.25) is 0 Å². The van der Waals surface area contributed by atoms with E-state index in [1.807, 2.05) is 19.9 Å². The fourth-order valence-corrected chi connectivity index (χ4v) is 2.64. The van der Waals surface area contributed by atoms with Gasteiger partial charge >= 0.3 is 7.48 Å². The minimum atomic E-state index is -0.898. The molecule has 1 N–H and O–H groups in total. The number of fused-ring (bicyclic) bond motifs is 1. The highest BCUT2D eigenvalue weighted by molar-refractivity contribution is 6.47. The molecule has 0 heterocycles. The van der Waals surface area contributed by atoms with E-state index in [4.69, 9.17) is 4.65 Å². The molecule has 3 rings (SSSR count). The van der Waals surface area contributed by atoms with Crippen LogP contribution in [-0.2, 0) is 4.65 Å². The fourth-order valence-electron chi connectivity index (χ4n) is 2.64. The third kappa shape index (κ3) is 3.94. The zero-order valence-electron chi connectivity index (χ0n) is 15.4. The SMILES string of the molecule is CC(C)(O)C(C)(C)OBc1ccc2ccc(-c3ccccc3)cc2c1. The van der Waals surface area contributed by atoms with Gasteiger partial charge in [-0.3, -0.25) is 0 Å². The summed E-state index contributed by atoms with van der Waals surface area (Å²) in [5, 5.41) is 12.6. The van der Waals surface area contributed by atoms with Gasteiger partial charge in [-0.25, -0.2) is 0 Å². The molecule has 0 radical (unpaired) electrons. The van der Waals surface area contributed by atoms with Crippen molar-refractivity contribution in [3.05, 3.63) is 66.7 Å². The summed E-state index contributed by atoms with van der Waals surface area (Å²) in [7, 11) is 0.475. The Morgan fingerprint density at radius 3 is 2.12 bits per heavy atom. The Balaban J connectivity index is 1.86. The average Bonchev–Trinajstić information content (AvgIpc) is 2.59. The van der Waals surface area contributed by atoms with Gasteiger partial charge in [-0.1, -0.05) is 66.1 Å². The standard InChI is InChI=1S/C22H25BO2/c1-21(2,24)22(3,4)25-23-20-13-12-17-10-11-18(14-19(17)15-20)16-8-6-5-7-9-16/h5-15,23-24H,1-4H3. The molecule has 0 saturated carbocycles. The van der Waals surface area contributed by atoms with Crippen molar-refractivity contribution in [2.75, 3.05) is 0 Å². The molecule has 0 aliphatic rings. The van der Waals surface area contributed by atoms with Crippen molar-refractivity contribution in [2.24, 2.45) is 0 Å². The van der Waals surface area contributed by atoms with Crippen LogP contribution in [0.15, 0.2) is 66.7 Å². The van der Waals surface area contributed by atoms with E-state index in [0.29, 0.717) is 7.48 Å². The molecule has 0 atom stereocenters. The fraction of sp³-hybridized carbons (Fsp3) is 0.273. The van der Waals surface area contributed by atoms with Crippen LogP contribution in [0.4, 0.5) is 0 Å². The summed E-state index contributed by atoms with van der Waals surface area (Å²) in [4.78, 5) is 0. The van der Waals surface area contributed by atoms with Gasteiger partial charge in [0.15, 0.2) is 0 Å².